The number of halogens is 1. The van der Waals surface area contributed by atoms with Crippen LogP contribution in [0.5, 0.6) is 0 Å². The Morgan fingerprint density at radius 1 is 1.24 bits per heavy atom. The third-order valence-corrected chi connectivity index (χ3v) is 3.46. The molecule has 0 saturated heterocycles. The number of amides is 1. The van der Waals surface area contributed by atoms with Crippen LogP contribution in [0.4, 0.5) is 11.5 Å². The van der Waals surface area contributed by atoms with E-state index >= 15 is 0 Å². The van der Waals surface area contributed by atoms with Crippen molar-refractivity contribution in [3.05, 3.63) is 52.7 Å². The predicted octanol–water partition coefficient (Wildman–Crippen LogP) is 4.15. The van der Waals surface area contributed by atoms with Crippen LogP contribution in [-0.4, -0.2) is 17.9 Å². The lowest BCUT2D eigenvalue weighted by molar-refractivity contribution is 0.102. The van der Waals surface area contributed by atoms with Crippen molar-refractivity contribution in [2.75, 3.05) is 17.7 Å². The number of carbonyl (C=O) groups is 1. The standard InChI is InChI=1S/C16H18ClN3O/c1-10(2)11-4-6-13(7-5-11)20-16(21)12-8-14(17)15(18-3)19-9-12/h4-10H,1-3H3,(H,18,19)(H,20,21). The van der Waals surface area contributed by atoms with Gasteiger partial charge in [0.2, 0.25) is 0 Å². The van der Waals surface area contributed by atoms with E-state index in [0.717, 1.165) is 5.69 Å². The molecular weight excluding hydrogens is 286 g/mol. The van der Waals surface area contributed by atoms with Crippen LogP contribution in [-0.2, 0) is 0 Å². The third kappa shape index (κ3) is 3.73. The molecule has 0 aliphatic rings. The quantitative estimate of drug-likeness (QED) is 0.892. The predicted molar refractivity (Wildman–Crippen MR) is 87.3 cm³/mol. The molecule has 0 spiro atoms. The van der Waals surface area contributed by atoms with Gasteiger partial charge in [0.25, 0.3) is 5.91 Å². The molecule has 0 atom stereocenters. The fourth-order valence-corrected chi connectivity index (χ4v) is 2.16. The number of rotatable bonds is 4. The van der Waals surface area contributed by atoms with Crippen molar-refractivity contribution >= 4 is 29.0 Å². The first-order valence-electron chi connectivity index (χ1n) is 6.76. The first kappa shape index (κ1) is 15.3. The summed E-state index contributed by atoms with van der Waals surface area (Å²) in [5.74, 6) is 0.783. The van der Waals surface area contributed by atoms with Crippen LogP contribution in [0.1, 0.15) is 35.7 Å². The molecular formula is C16H18ClN3O. The van der Waals surface area contributed by atoms with Gasteiger partial charge in [0.1, 0.15) is 5.82 Å². The smallest absolute Gasteiger partial charge is 0.257 e. The van der Waals surface area contributed by atoms with Crippen LogP contribution in [0, 0.1) is 0 Å². The second-order valence-corrected chi connectivity index (χ2v) is 5.44. The molecule has 21 heavy (non-hydrogen) atoms. The third-order valence-electron chi connectivity index (χ3n) is 3.18. The Hall–Kier alpha value is -2.07. The first-order valence-corrected chi connectivity index (χ1v) is 7.13. The lowest BCUT2D eigenvalue weighted by Gasteiger charge is -2.09. The maximum atomic E-state index is 12.2. The number of anilines is 2. The second-order valence-electron chi connectivity index (χ2n) is 5.04. The molecule has 0 aliphatic carbocycles. The molecule has 110 valence electrons. The van der Waals surface area contributed by atoms with Gasteiger partial charge in [-0.1, -0.05) is 37.6 Å². The number of hydrogen-bond donors (Lipinski definition) is 2. The molecule has 2 aromatic rings. The SMILES string of the molecule is CNc1ncc(C(=O)Nc2ccc(C(C)C)cc2)cc1Cl. The minimum Gasteiger partial charge on any atom is -0.372 e. The van der Waals surface area contributed by atoms with Gasteiger partial charge in [0, 0.05) is 18.9 Å². The van der Waals surface area contributed by atoms with Crippen molar-refractivity contribution in [3.8, 4) is 0 Å². The van der Waals surface area contributed by atoms with E-state index in [4.69, 9.17) is 11.6 Å². The summed E-state index contributed by atoms with van der Waals surface area (Å²) < 4.78 is 0. The lowest BCUT2D eigenvalue weighted by atomic mass is 10.0. The van der Waals surface area contributed by atoms with E-state index < -0.39 is 0 Å². The average molecular weight is 304 g/mol. The molecule has 0 unspecified atom stereocenters. The monoisotopic (exact) mass is 303 g/mol. The van der Waals surface area contributed by atoms with Crippen molar-refractivity contribution in [2.24, 2.45) is 0 Å². The van der Waals surface area contributed by atoms with Gasteiger partial charge in [0.15, 0.2) is 0 Å². The van der Waals surface area contributed by atoms with E-state index in [9.17, 15) is 4.79 Å². The topological polar surface area (TPSA) is 54.0 Å². The van der Waals surface area contributed by atoms with Gasteiger partial charge in [-0.3, -0.25) is 4.79 Å². The van der Waals surface area contributed by atoms with Crippen LogP contribution in [0.2, 0.25) is 5.02 Å². The highest BCUT2D eigenvalue weighted by molar-refractivity contribution is 6.33. The van der Waals surface area contributed by atoms with Crippen molar-refractivity contribution in [3.63, 3.8) is 0 Å². The molecule has 4 nitrogen and oxygen atoms in total. The molecule has 0 saturated carbocycles. The summed E-state index contributed by atoms with van der Waals surface area (Å²) in [7, 11) is 1.73. The largest absolute Gasteiger partial charge is 0.372 e. The van der Waals surface area contributed by atoms with E-state index in [-0.39, 0.29) is 5.91 Å². The molecule has 5 heteroatoms. The van der Waals surface area contributed by atoms with Crippen LogP contribution < -0.4 is 10.6 Å². The number of carbonyl (C=O) groups excluding carboxylic acids is 1. The molecule has 1 aromatic heterocycles. The minimum atomic E-state index is -0.232. The zero-order chi connectivity index (χ0) is 15.4. The zero-order valence-corrected chi connectivity index (χ0v) is 13.0. The number of hydrogen-bond acceptors (Lipinski definition) is 3. The number of nitrogens with one attached hydrogen (secondary N) is 2. The van der Waals surface area contributed by atoms with Crippen molar-refractivity contribution in [1.29, 1.82) is 0 Å². The highest BCUT2D eigenvalue weighted by Crippen LogP contribution is 2.21. The van der Waals surface area contributed by atoms with Crippen molar-refractivity contribution in [2.45, 2.75) is 19.8 Å². The molecule has 1 aromatic carbocycles. The summed E-state index contributed by atoms with van der Waals surface area (Å²) in [4.78, 5) is 16.2. The molecule has 1 amide bonds. The first-order chi connectivity index (χ1) is 10.0. The van der Waals surface area contributed by atoms with Gasteiger partial charge in [-0.25, -0.2) is 4.98 Å². The molecule has 2 N–H and O–H groups in total. The van der Waals surface area contributed by atoms with Crippen LogP contribution in [0.3, 0.4) is 0 Å². The summed E-state index contributed by atoms with van der Waals surface area (Å²) in [6, 6.07) is 9.40. The fraction of sp³-hybridized carbons (Fsp3) is 0.250. The molecule has 2 rings (SSSR count). The van der Waals surface area contributed by atoms with Gasteiger partial charge >= 0.3 is 0 Å². The van der Waals surface area contributed by atoms with E-state index in [1.807, 2.05) is 24.3 Å². The normalized spacial score (nSPS) is 10.5. The Morgan fingerprint density at radius 2 is 1.90 bits per heavy atom. The Labute approximate surface area is 129 Å². The summed E-state index contributed by atoms with van der Waals surface area (Å²) in [5.41, 5.74) is 2.40. The Balaban J connectivity index is 2.12. The highest BCUT2D eigenvalue weighted by Gasteiger charge is 2.10. The van der Waals surface area contributed by atoms with E-state index in [0.29, 0.717) is 22.3 Å². The van der Waals surface area contributed by atoms with Crippen molar-refractivity contribution < 1.29 is 4.79 Å². The van der Waals surface area contributed by atoms with Crippen LogP contribution >= 0.6 is 11.6 Å². The van der Waals surface area contributed by atoms with Gasteiger partial charge in [0.05, 0.1) is 10.6 Å². The summed E-state index contributed by atoms with van der Waals surface area (Å²) >= 11 is 6.03. The summed E-state index contributed by atoms with van der Waals surface area (Å²) in [6.07, 6.45) is 1.50. The highest BCUT2D eigenvalue weighted by atomic mass is 35.5. The Bertz CT molecular complexity index is 638. The maximum Gasteiger partial charge on any atom is 0.257 e. The number of nitrogens with zero attached hydrogens (tertiary/aromatic N) is 1. The lowest BCUT2D eigenvalue weighted by Crippen LogP contribution is -2.12. The average Bonchev–Trinajstić information content (AvgIpc) is 2.47. The number of pyridine rings is 1. The van der Waals surface area contributed by atoms with E-state index in [1.54, 1.807) is 13.1 Å². The van der Waals surface area contributed by atoms with E-state index in [2.05, 4.69) is 29.5 Å². The Kier molecular flexibility index (Phi) is 4.81. The molecule has 0 radical (unpaired) electrons. The molecule has 0 bridgehead atoms. The maximum absolute atomic E-state index is 12.2. The Morgan fingerprint density at radius 3 is 2.43 bits per heavy atom. The summed E-state index contributed by atoms with van der Waals surface area (Å²) in [6.45, 7) is 4.26. The second kappa shape index (κ2) is 6.59. The van der Waals surface area contributed by atoms with Gasteiger partial charge < -0.3 is 10.6 Å². The molecule has 0 aliphatic heterocycles. The number of aromatic nitrogens is 1. The van der Waals surface area contributed by atoms with E-state index in [1.165, 1.54) is 11.8 Å². The minimum absolute atomic E-state index is 0.232. The van der Waals surface area contributed by atoms with Gasteiger partial charge in [-0.15, -0.1) is 0 Å². The van der Waals surface area contributed by atoms with Crippen LogP contribution in [0.15, 0.2) is 36.5 Å². The van der Waals surface area contributed by atoms with Gasteiger partial charge in [-0.05, 0) is 29.7 Å². The van der Waals surface area contributed by atoms with Gasteiger partial charge in [-0.2, -0.15) is 0 Å². The van der Waals surface area contributed by atoms with Crippen LogP contribution in [0.25, 0.3) is 0 Å². The van der Waals surface area contributed by atoms with Crippen molar-refractivity contribution in [1.82, 2.24) is 4.98 Å². The molecule has 0 fully saturated rings. The zero-order valence-electron chi connectivity index (χ0n) is 12.3. The summed E-state index contributed by atoms with van der Waals surface area (Å²) in [5, 5.41) is 6.10. The molecule has 1 heterocycles. The fourth-order valence-electron chi connectivity index (χ4n) is 1.90. The number of benzene rings is 1.